The maximum atomic E-state index is 2.47. The Hall–Kier alpha value is -3.89. The van der Waals surface area contributed by atoms with Crippen molar-refractivity contribution in [1.29, 1.82) is 0 Å². The van der Waals surface area contributed by atoms with Crippen LogP contribution >= 0.6 is 21.7 Å². The van der Waals surface area contributed by atoms with E-state index in [0.29, 0.717) is 0 Å². The van der Waals surface area contributed by atoms with Crippen LogP contribution in [-0.2, 0) is 0 Å². The fraction of sp³-hybridized carbons (Fsp3) is 0. The Bertz CT molecular complexity index is 1890. The molecule has 6 aromatic carbocycles. The average Bonchev–Trinajstić information content (AvgIpc) is 3.56. The van der Waals surface area contributed by atoms with Crippen LogP contribution < -0.4 is 15.6 Å². The second kappa shape index (κ2) is 9.10. The van der Waals surface area contributed by atoms with E-state index in [0.717, 1.165) is 0 Å². The first kappa shape index (κ1) is 23.0. The third-order valence-electron chi connectivity index (χ3n) is 8.09. The molecule has 2 heterocycles. The molecular weight excluding hydrogens is 525 g/mol. The number of hydrogen-bond donors (Lipinski definition) is 1. The quantitative estimate of drug-likeness (QED) is 0.128. The maximum Gasteiger partial charge on any atom is 0.200 e. The third kappa shape index (κ3) is 3.31. The van der Waals surface area contributed by atoms with Crippen LogP contribution in [0.15, 0.2) is 161 Å². The van der Waals surface area contributed by atoms with Crippen molar-refractivity contribution >= 4 is 64.6 Å². The van der Waals surface area contributed by atoms with E-state index >= 15 is 0 Å². The summed E-state index contributed by atoms with van der Waals surface area (Å²) in [5.74, 6) is 0. The van der Waals surface area contributed by atoms with Gasteiger partial charge in [0.2, 0.25) is 7.22 Å². The Morgan fingerprint density at radius 1 is 0.436 bits per heavy atom. The summed E-state index contributed by atoms with van der Waals surface area (Å²) in [7, 11) is -3.36. The average molecular weight is 551 g/mol. The Morgan fingerprint density at radius 2 is 0.949 bits per heavy atom. The van der Waals surface area contributed by atoms with E-state index in [2.05, 4.69) is 152 Å². The monoisotopic (exact) mass is 550 g/mol. The van der Waals surface area contributed by atoms with Crippen molar-refractivity contribution in [3.63, 3.8) is 0 Å². The van der Waals surface area contributed by atoms with Crippen molar-refractivity contribution in [2.24, 2.45) is 0 Å². The number of hydrogen-bond acceptors (Lipinski definition) is 1. The summed E-state index contributed by atoms with van der Waals surface area (Å²) >= 11 is 1.97. The number of benzene rings is 6. The lowest BCUT2D eigenvalue weighted by molar-refractivity contribution is 1.45. The molecule has 1 aliphatic rings. The van der Waals surface area contributed by atoms with Gasteiger partial charge in [0.25, 0.3) is 0 Å². The van der Waals surface area contributed by atoms with Crippen LogP contribution in [0.5, 0.6) is 0 Å². The first-order valence-corrected chi connectivity index (χ1v) is 18.4. The van der Waals surface area contributed by atoms with Crippen LogP contribution in [0.3, 0.4) is 0 Å². The molecule has 1 aromatic heterocycles. The molecule has 0 spiro atoms. The normalized spacial score (nSPS) is 13.5. The van der Waals surface area contributed by atoms with Crippen LogP contribution in [0.25, 0.3) is 31.3 Å². The molecule has 0 N–H and O–H groups in total. The zero-order valence-corrected chi connectivity index (χ0v) is 24.0. The smallest absolute Gasteiger partial charge is 0.199 e. The van der Waals surface area contributed by atoms with Gasteiger partial charge < -0.3 is 0 Å². The Labute approximate surface area is 236 Å². The standard InChI is InChI=1S/C36H26S2Si/c1-3-14-26(15-4-1)39(27-16-5-2-6-17-27,35-25-13-21-31-28-18-7-10-22-32(28)37-36(31)35)38-33-23-11-8-19-29(33)30-20-9-12-24-34(30)38/h1-25,38H. The van der Waals surface area contributed by atoms with Gasteiger partial charge in [0.15, 0.2) is 0 Å². The molecule has 0 amide bonds. The highest BCUT2D eigenvalue weighted by Crippen LogP contribution is 2.62. The molecule has 0 saturated heterocycles. The molecule has 0 nitrogen and oxygen atoms in total. The minimum absolute atomic E-state index is 0.710. The molecular formula is C36H26S2Si. The predicted octanol–water partition coefficient (Wildman–Crippen LogP) is 8.12. The zero-order valence-electron chi connectivity index (χ0n) is 21.3. The first-order chi connectivity index (χ1) is 19.4. The highest BCUT2D eigenvalue weighted by molar-refractivity contribution is 8.46. The topological polar surface area (TPSA) is 0 Å². The highest BCUT2D eigenvalue weighted by Gasteiger charge is 2.50. The summed E-state index contributed by atoms with van der Waals surface area (Å²) in [4.78, 5) is 3.04. The fourth-order valence-corrected chi connectivity index (χ4v) is 21.7. The molecule has 186 valence electrons. The van der Waals surface area contributed by atoms with Crippen LogP contribution in [-0.4, -0.2) is 7.22 Å². The molecule has 3 heteroatoms. The zero-order chi connectivity index (χ0) is 25.8. The molecule has 39 heavy (non-hydrogen) atoms. The van der Waals surface area contributed by atoms with Crippen molar-refractivity contribution in [2.45, 2.75) is 9.79 Å². The molecule has 0 fully saturated rings. The summed E-state index contributed by atoms with van der Waals surface area (Å²) in [5, 5.41) is 7.25. The van der Waals surface area contributed by atoms with Gasteiger partial charge in [-0.05, 0) is 54.7 Å². The minimum Gasteiger partial charge on any atom is -0.199 e. The molecule has 0 bridgehead atoms. The third-order valence-corrected chi connectivity index (χ3v) is 21.2. The van der Waals surface area contributed by atoms with E-state index in [9.17, 15) is 0 Å². The van der Waals surface area contributed by atoms with Crippen LogP contribution in [0, 0.1) is 0 Å². The second-order valence-corrected chi connectivity index (χ2v) is 19.2. The number of rotatable bonds is 4. The Morgan fingerprint density at radius 3 is 1.59 bits per heavy atom. The fourth-order valence-electron chi connectivity index (χ4n) is 6.53. The summed E-state index contributed by atoms with van der Waals surface area (Å²) in [5.41, 5.74) is 2.82. The number of thiophene rings is 1. The second-order valence-electron chi connectivity index (χ2n) is 10.1. The molecule has 0 radical (unpaired) electrons. The molecule has 0 aliphatic carbocycles. The summed E-state index contributed by atoms with van der Waals surface area (Å²) in [6.45, 7) is 0. The van der Waals surface area contributed by atoms with Crippen molar-refractivity contribution in [2.75, 3.05) is 0 Å². The van der Waals surface area contributed by atoms with E-state index < -0.39 is 17.6 Å². The van der Waals surface area contributed by atoms with Gasteiger partial charge in [0.1, 0.15) is 0 Å². The predicted molar refractivity (Wildman–Crippen MR) is 174 cm³/mol. The lowest BCUT2D eigenvalue weighted by atomic mass is 10.1. The van der Waals surface area contributed by atoms with Gasteiger partial charge in [-0.15, -0.1) is 11.3 Å². The Balaban J connectivity index is 1.59. The van der Waals surface area contributed by atoms with Gasteiger partial charge in [0, 0.05) is 20.2 Å². The van der Waals surface area contributed by atoms with E-state index in [1.807, 2.05) is 11.3 Å². The van der Waals surface area contributed by atoms with E-state index in [-0.39, 0.29) is 0 Å². The number of thiol groups is 1. The molecule has 1 aliphatic heterocycles. The van der Waals surface area contributed by atoms with Gasteiger partial charge in [-0.2, -0.15) is 10.3 Å². The molecule has 0 unspecified atom stereocenters. The molecule has 8 rings (SSSR count). The van der Waals surface area contributed by atoms with Crippen LogP contribution in [0.2, 0.25) is 0 Å². The van der Waals surface area contributed by atoms with Crippen molar-refractivity contribution in [3.8, 4) is 11.1 Å². The van der Waals surface area contributed by atoms with Crippen LogP contribution in [0.1, 0.15) is 0 Å². The summed E-state index contributed by atoms with van der Waals surface area (Å²) in [6, 6.07) is 57.4. The summed E-state index contributed by atoms with van der Waals surface area (Å²) < 4.78 is 2.81. The van der Waals surface area contributed by atoms with Gasteiger partial charge in [0.05, 0.1) is 0 Å². The Kier molecular flexibility index (Phi) is 5.37. The maximum absolute atomic E-state index is 2.65. The SMILES string of the molecule is c1ccc([Si](c2ccccc2)(c2cccc3c2sc2ccccc23)[SH]2c3ccccc3-c3ccccc32)cc1. The van der Waals surface area contributed by atoms with E-state index in [1.54, 1.807) is 0 Å². The van der Waals surface area contributed by atoms with Gasteiger partial charge in [-0.25, -0.2) is 0 Å². The van der Waals surface area contributed by atoms with E-state index in [4.69, 9.17) is 0 Å². The lowest BCUT2D eigenvalue weighted by Gasteiger charge is -2.42. The first-order valence-electron chi connectivity index (χ1n) is 13.4. The van der Waals surface area contributed by atoms with E-state index in [1.165, 1.54) is 56.7 Å². The van der Waals surface area contributed by atoms with Crippen molar-refractivity contribution < 1.29 is 0 Å². The number of fused-ring (bicyclic) bond motifs is 6. The highest BCUT2D eigenvalue weighted by atomic mass is 32.4. The van der Waals surface area contributed by atoms with Gasteiger partial charge in [-0.1, -0.05) is 133 Å². The van der Waals surface area contributed by atoms with Crippen LogP contribution in [0.4, 0.5) is 0 Å². The molecule has 0 atom stereocenters. The minimum atomic E-state index is -2.65. The van der Waals surface area contributed by atoms with Gasteiger partial charge in [-0.3, -0.25) is 0 Å². The van der Waals surface area contributed by atoms with Crippen molar-refractivity contribution in [3.05, 3.63) is 152 Å². The largest absolute Gasteiger partial charge is 0.200 e. The molecule has 0 saturated carbocycles. The lowest BCUT2D eigenvalue weighted by Crippen LogP contribution is -2.66. The van der Waals surface area contributed by atoms with Crippen molar-refractivity contribution in [1.82, 2.24) is 0 Å². The van der Waals surface area contributed by atoms with Gasteiger partial charge >= 0.3 is 0 Å². The summed E-state index contributed by atoms with van der Waals surface area (Å²) in [6.07, 6.45) is 0. The molecule has 7 aromatic rings.